The molecule has 0 radical (unpaired) electrons. The average Bonchev–Trinajstić information content (AvgIpc) is 2.69. The molecule has 0 spiro atoms. The van der Waals surface area contributed by atoms with Crippen LogP contribution >= 0.6 is 23.4 Å². The fourth-order valence-corrected chi connectivity index (χ4v) is 3.84. The number of thioether (sulfide) groups is 1. The van der Waals surface area contributed by atoms with Crippen LogP contribution in [0.3, 0.4) is 0 Å². The van der Waals surface area contributed by atoms with Gasteiger partial charge in [0.05, 0.1) is 11.1 Å². The van der Waals surface area contributed by atoms with Crippen LogP contribution in [-0.4, -0.2) is 14.5 Å². The van der Waals surface area contributed by atoms with Gasteiger partial charge in [0.25, 0.3) is 5.56 Å². The number of hydrogen-bond donors (Lipinski definition) is 1. The Hall–Kier alpha value is -2.90. The number of fused-ring (bicyclic) bond motifs is 1. The second kappa shape index (κ2) is 7.61. The summed E-state index contributed by atoms with van der Waals surface area (Å²) < 4.78 is 15.0. The van der Waals surface area contributed by atoms with Crippen molar-refractivity contribution < 1.29 is 4.39 Å². The SMILES string of the molecule is O=c1[nH]c(=O)n(-c2cccc(SCc3ccccc3)c2)c2nc(Cl)c(F)cc12. The van der Waals surface area contributed by atoms with Crippen molar-refractivity contribution in [2.75, 3.05) is 0 Å². The summed E-state index contributed by atoms with van der Waals surface area (Å²) in [6.45, 7) is 0. The third-order valence-corrected chi connectivity index (χ3v) is 5.45. The zero-order valence-corrected chi connectivity index (χ0v) is 15.9. The Bertz CT molecular complexity index is 1290. The Kier molecular flexibility index (Phi) is 5.02. The van der Waals surface area contributed by atoms with E-state index in [0.717, 1.165) is 16.7 Å². The summed E-state index contributed by atoms with van der Waals surface area (Å²) in [6, 6.07) is 18.2. The molecule has 2 heterocycles. The lowest BCUT2D eigenvalue weighted by molar-refractivity contribution is 0.623. The molecule has 2 aromatic carbocycles. The topological polar surface area (TPSA) is 67.8 Å². The second-order valence-corrected chi connectivity index (χ2v) is 7.41. The first kappa shape index (κ1) is 18.5. The smallest absolute Gasteiger partial charge is 0.273 e. The Morgan fingerprint density at radius 2 is 1.86 bits per heavy atom. The Morgan fingerprint density at radius 3 is 2.64 bits per heavy atom. The first-order chi connectivity index (χ1) is 13.5. The molecular weight excluding hydrogens is 401 g/mol. The molecule has 2 aromatic heterocycles. The first-order valence-electron chi connectivity index (χ1n) is 8.31. The van der Waals surface area contributed by atoms with Gasteiger partial charge in [0.15, 0.2) is 16.6 Å². The van der Waals surface area contributed by atoms with Gasteiger partial charge in [-0.05, 0) is 29.8 Å². The summed E-state index contributed by atoms with van der Waals surface area (Å²) in [5.41, 5.74) is 0.296. The number of nitrogens with one attached hydrogen (secondary N) is 1. The van der Waals surface area contributed by atoms with Gasteiger partial charge >= 0.3 is 5.69 Å². The summed E-state index contributed by atoms with van der Waals surface area (Å²) in [4.78, 5) is 31.6. The van der Waals surface area contributed by atoms with E-state index in [-0.39, 0.29) is 11.0 Å². The van der Waals surface area contributed by atoms with Gasteiger partial charge in [-0.2, -0.15) is 0 Å². The number of pyridine rings is 1. The highest BCUT2D eigenvalue weighted by atomic mass is 35.5. The Balaban J connectivity index is 1.79. The van der Waals surface area contributed by atoms with Crippen molar-refractivity contribution in [1.82, 2.24) is 14.5 Å². The number of H-pyrrole nitrogens is 1. The van der Waals surface area contributed by atoms with E-state index in [0.29, 0.717) is 5.69 Å². The molecule has 8 heteroatoms. The summed E-state index contributed by atoms with van der Waals surface area (Å²) in [7, 11) is 0. The van der Waals surface area contributed by atoms with Gasteiger partial charge in [0, 0.05) is 10.6 Å². The summed E-state index contributed by atoms with van der Waals surface area (Å²) >= 11 is 7.39. The van der Waals surface area contributed by atoms with Crippen molar-refractivity contribution in [3.8, 4) is 5.69 Å². The number of benzene rings is 2. The minimum Gasteiger partial charge on any atom is -0.273 e. The van der Waals surface area contributed by atoms with Gasteiger partial charge in [-0.15, -0.1) is 11.8 Å². The van der Waals surface area contributed by atoms with Crippen LogP contribution in [0.4, 0.5) is 4.39 Å². The largest absolute Gasteiger partial charge is 0.334 e. The van der Waals surface area contributed by atoms with Crippen LogP contribution in [0.5, 0.6) is 0 Å². The van der Waals surface area contributed by atoms with E-state index >= 15 is 0 Å². The van der Waals surface area contributed by atoms with Gasteiger partial charge in [-0.3, -0.25) is 9.78 Å². The van der Waals surface area contributed by atoms with E-state index in [1.807, 2.05) is 42.5 Å². The lowest BCUT2D eigenvalue weighted by Gasteiger charge is -2.11. The molecule has 0 fully saturated rings. The molecule has 0 aliphatic rings. The molecule has 0 atom stereocenters. The number of nitrogens with zero attached hydrogens (tertiary/aromatic N) is 2. The lowest BCUT2D eigenvalue weighted by Crippen LogP contribution is -2.30. The van der Waals surface area contributed by atoms with Crippen molar-refractivity contribution in [2.45, 2.75) is 10.6 Å². The van der Waals surface area contributed by atoms with Gasteiger partial charge in [0.1, 0.15) is 0 Å². The van der Waals surface area contributed by atoms with Gasteiger partial charge in [0.2, 0.25) is 0 Å². The molecular formula is C20H13ClFN3O2S. The third kappa shape index (κ3) is 3.58. The predicted octanol–water partition coefficient (Wildman–Crippen LogP) is 4.16. The molecule has 28 heavy (non-hydrogen) atoms. The molecule has 0 unspecified atom stereocenters. The lowest BCUT2D eigenvalue weighted by atomic mass is 10.2. The summed E-state index contributed by atoms with van der Waals surface area (Å²) in [6.07, 6.45) is 0. The molecule has 5 nitrogen and oxygen atoms in total. The zero-order chi connectivity index (χ0) is 19.7. The van der Waals surface area contributed by atoms with E-state index in [2.05, 4.69) is 9.97 Å². The fourth-order valence-electron chi connectivity index (χ4n) is 2.80. The van der Waals surface area contributed by atoms with Crippen molar-refractivity contribution in [1.29, 1.82) is 0 Å². The van der Waals surface area contributed by atoms with Crippen LogP contribution in [0.2, 0.25) is 5.15 Å². The second-order valence-electron chi connectivity index (χ2n) is 6.00. The highest BCUT2D eigenvalue weighted by Gasteiger charge is 2.14. The predicted molar refractivity (Wildman–Crippen MR) is 109 cm³/mol. The minimum absolute atomic E-state index is 0.00496. The summed E-state index contributed by atoms with van der Waals surface area (Å²) in [5, 5.41) is -0.454. The van der Waals surface area contributed by atoms with E-state index in [9.17, 15) is 14.0 Å². The van der Waals surface area contributed by atoms with E-state index in [1.165, 1.54) is 10.1 Å². The average molecular weight is 414 g/mol. The number of halogens is 2. The number of aromatic amines is 1. The maximum Gasteiger partial charge on any atom is 0.334 e. The molecule has 140 valence electrons. The molecule has 0 amide bonds. The maximum absolute atomic E-state index is 13.8. The van der Waals surface area contributed by atoms with Crippen molar-refractivity contribution >= 4 is 34.4 Å². The normalized spacial score (nSPS) is 11.1. The van der Waals surface area contributed by atoms with Crippen LogP contribution in [0.25, 0.3) is 16.7 Å². The zero-order valence-electron chi connectivity index (χ0n) is 14.4. The van der Waals surface area contributed by atoms with Crippen molar-refractivity contribution in [3.05, 3.63) is 98.0 Å². The fraction of sp³-hybridized carbons (Fsp3) is 0.0500. The van der Waals surface area contributed by atoms with E-state index < -0.39 is 22.2 Å². The number of rotatable bonds is 4. The highest BCUT2D eigenvalue weighted by molar-refractivity contribution is 7.98. The van der Waals surface area contributed by atoms with Crippen LogP contribution in [0, 0.1) is 5.82 Å². The van der Waals surface area contributed by atoms with Gasteiger partial charge < -0.3 is 0 Å². The van der Waals surface area contributed by atoms with Gasteiger partial charge in [-0.25, -0.2) is 18.7 Å². The number of hydrogen-bond acceptors (Lipinski definition) is 4. The first-order valence-corrected chi connectivity index (χ1v) is 9.67. The third-order valence-electron chi connectivity index (χ3n) is 4.12. The van der Waals surface area contributed by atoms with E-state index in [1.54, 1.807) is 23.9 Å². The van der Waals surface area contributed by atoms with E-state index in [4.69, 9.17) is 11.6 Å². The van der Waals surface area contributed by atoms with Crippen molar-refractivity contribution in [3.63, 3.8) is 0 Å². The highest BCUT2D eigenvalue weighted by Crippen LogP contribution is 2.25. The van der Waals surface area contributed by atoms with Crippen LogP contribution in [0.1, 0.15) is 5.56 Å². The quantitative estimate of drug-likeness (QED) is 0.403. The van der Waals surface area contributed by atoms with Crippen LogP contribution < -0.4 is 11.2 Å². The molecule has 1 N–H and O–H groups in total. The van der Waals surface area contributed by atoms with Gasteiger partial charge in [-0.1, -0.05) is 48.0 Å². The molecule has 0 bridgehead atoms. The monoisotopic (exact) mass is 413 g/mol. The standard InChI is InChI=1S/C20H13ClFN3O2S/c21-17-16(22)10-15-18(23-17)25(20(27)24-19(15)26)13-7-4-8-14(9-13)28-11-12-5-2-1-3-6-12/h1-10H,11H2,(H,24,26,27). The van der Waals surface area contributed by atoms with Crippen molar-refractivity contribution in [2.24, 2.45) is 0 Å². The number of aromatic nitrogens is 3. The molecule has 4 rings (SSSR count). The Morgan fingerprint density at radius 1 is 1.07 bits per heavy atom. The minimum atomic E-state index is -0.822. The Labute approximate surface area is 167 Å². The molecule has 0 aliphatic carbocycles. The summed E-state index contributed by atoms with van der Waals surface area (Å²) in [5.74, 6) is -0.0575. The molecule has 0 saturated carbocycles. The molecule has 4 aromatic rings. The van der Waals surface area contributed by atoms with Crippen LogP contribution in [-0.2, 0) is 5.75 Å². The maximum atomic E-state index is 13.8. The molecule has 0 aliphatic heterocycles. The van der Waals surface area contributed by atoms with Crippen LogP contribution in [0.15, 0.2) is 75.1 Å². The molecule has 0 saturated heterocycles.